The van der Waals surface area contributed by atoms with Gasteiger partial charge in [0, 0.05) is 31.9 Å². The molecule has 5 heteroatoms. The van der Waals surface area contributed by atoms with Gasteiger partial charge in [0.15, 0.2) is 0 Å². The Bertz CT molecular complexity index is 636. The van der Waals surface area contributed by atoms with E-state index in [1.54, 1.807) is 6.20 Å². The second-order valence-electron chi connectivity index (χ2n) is 5.31. The van der Waals surface area contributed by atoms with Crippen molar-refractivity contribution in [3.63, 3.8) is 0 Å². The van der Waals surface area contributed by atoms with Gasteiger partial charge in [-0.25, -0.2) is 0 Å². The Kier molecular flexibility index (Phi) is 3.90. The molecule has 3 rings (SSSR count). The highest BCUT2D eigenvalue weighted by Crippen LogP contribution is 2.26. The van der Waals surface area contributed by atoms with Crippen molar-refractivity contribution in [2.24, 2.45) is 13.0 Å². The smallest absolute Gasteiger partial charge is 0.226 e. The topological polar surface area (TPSA) is 56.2 Å². The molecule has 1 aliphatic heterocycles. The van der Waals surface area contributed by atoms with Gasteiger partial charge in [-0.1, -0.05) is 18.2 Å². The molecule has 1 aromatic heterocycles. The summed E-state index contributed by atoms with van der Waals surface area (Å²) in [5.74, 6) is 0.856. The summed E-state index contributed by atoms with van der Waals surface area (Å²) in [6.45, 7) is 1.07. The number of amides is 1. The number of hydrogen-bond donors (Lipinski definition) is 1. The van der Waals surface area contributed by atoms with Crippen molar-refractivity contribution in [2.45, 2.75) is 12.8 Å². The number of benzene rings is 1. The largest absolute Gasteiger partial charge is 0.492 e. The van der Waals surface area contributed by atoms with Gasteiger partial charge in [0.1, 0.15) is 12.4 Å². The Balaban J connectivity index is 1.52. The van der Waals surface area contributed by atoms with Crippen LogP contribution >= 0.6 is 0 Å². The lowest BCUT2D eigenvalue weighted by Gasteiger charge is -2.24. The van der Waals surface area contributed by atoms with Gasteiger partial charge in [0.25, 0.3) is 0 Å². The third-order valence-electron chi connectivity index (χ3n) is 3.85. The van der Waals surface area contributed by atoms with Gasteiger partial charge < -0.3 is 10.1 Å². The van der Waals surface area contributed by atoms with E-state index >= 15 is 0 Å². The Hall–Kier alpha value is -2.30. The summed E-state index contributed by atoms with van der Waals surface area (Å²) in [5, 5.41) is 7.10. The maximum absolute atomic E-state index is 12.2. The molecular weight excluding hydrogens is 266 g/mol. The van der Waals surface area contributed by atoms with Crippen LogP contribution in [0.25, 0.3) is 0 Å². The average Bonchev–Trinajstić information content (AvgIpc) is 2.92. The molecule has 0 unspecified atom stereocenters. The molecule has 0 saturated carbocycles. The predicted octanol–water partition coefficient (Wildman–Crippen LogP) is 1.33. The first kappa shape index (κ1) is 13.7. The molecule has 0 fully saturated rings. The fraction of sp³-hybridized carbons (Fsp3) is 0.375. The molecule has 110 valence electrons. The van der Waals surface area contributed by atoms with Gasteiger partial charge in [-0.3, -0.25) is 9.48 Å². The van der Waals surface area contributed by atoms with Crippen molar-refractivity contribution >= 4 is 5.91 Å². The maximum Gasteiger partial charge on any atom is 0.226 e. The number of nitrogens with zero attached hydrogens (tertiary/aromatic N) is 2. The molecule has 1 aromatic carbocycles. The predicted molar refractivity (Wildman–Crippen MR) is 79.1 cm³/mol. The minimum Gasteiger partial charge on any atom is -0.492 e. The molecule has 0 radical (unpaired) electrons. The molecular formula is C16H19N3O2. The van der Waals surface area contributed by atoms with Crippen molar-refractivity contribution in [1.82, 2.24) is 15.1 Å². The normalized spacial score (nSPS) is 16.9. The van der Waals surface area contributed by atoms with Gasteiger partial charge in [-0.15, -0.1) is 0 Å². The molecule has 0 aliphatic carbocycles. The monoisotopic (exact) mass is 285 g/mol. The van der Waals surface area contributed by atoms with Crippen molar-refractivity contribution in [3.8, 4) is 5.75 Å². The molecule has 0 bridgehead atoms. The third kappa shape index (κ3) is 3.07. The highest BCUT2D eigenvalue weighted by atomic mass is 16.5. The first-order valence-corrected chi connectivity index (χ1v) is 7.19. The lowest BCUT2D eigenvalue weighted by Crippen LogP contribution is -2.38. The van der Waals surface area contributed by atoms with E-state index in [1.165, 1.54) is 0 Å². The van der Waals surface area contributed by atoms with Crippen LogP contribution in [0.15, 0.2) is 36.5 Å². The molecule has 5 nitrogen and oxygen atoms in total. The number of aryl methyl sites for hydroxylation is 1. The number of nitrogens with one attached hydrogen (secondary N) is 1. The Morgan fingerprint density at radius 3 is 3.10 bits per heavy atom. The highest BCUT2D eigenvalue weighted by Gasteiger charge is 2.25. The summed E-state index contributed by atoms with van der Waals surface area (Å²) in [4.78, 5) is 12.2. The van der Waals surface area contributed by atoms with E-state index in [0.717, 1.165) is 29.8 Å². The zero-order chi connectivity index (χ0) is 14.7. The van der Waals surface area contributed by atoms with E-state index in [1.807, 2.05) is 42.1 Å². The lowest BCUT2D eigenvalue weighted by molar-refractivity contribution is -0.126. The second kappa shape index (κ2) is 5.99. The standard InChI is InChI=1S/C16H19N3O2/c1-19-14(7-9-18-19)6-8-17-16(20)13-10-12-4-2-3-5-15(12)21-11-13/h2-5,7,9,13H,6,8,10-11H2,1H3,(H,17,20)/t13-/m1/s1. The van der Waals surface area contributed by atoms with Crippen molar-refractivity contribution in [2.75, 3.05) is 13.2 Å². The minimum absolute atomic E-state index is 0.0617. The summed E-state index contributed by atoms with van der Waals surface area (Å²) >= 11 is 0. The van der Waals surface area contributed by atoms with E-state index in [2.05, 4.69) is 10.4 Å². The first-order chi connectivity index (χ1) is 10.2. The van der Waals surface area contributed by atoms with E-state index in [-0.39, 0.29) is 11.8 Å². The summed E-state index contributed by atoms with van der Waals surface area (Å²) in [5.41, 5.74) is 2.22. The molecule has 1 aliphatic rings. The molecule has 1 N–H and O–H groups in total. The molecule has 1 atom stereocenters. The zero-order valence-corrected chi connectivity index (χ0v) is 12.1. The molecule has 0 saturated heterocycles. The second-order valence-corrected chi connectivity index (χ2v) is 5.31. The van der Waals surface area contributed by atoms with E-state index < -0.39 is 0 Å². The number of fused-ring (bicyclic) bond motifs is 1. The van der Waals surface area contributed by atoms with Gasteiger partial charge in [-0.05, 0) is 24.1 Å². The highest BCUT2D eigenvalue weighted by molar-refractivity contribution is 5.79. The van der Waals surface area contributed by atoms with E-state index in [4.69, 9.17) is 4.74 Å². The number of aromatic nitrogens is 2. The Morgan fingerprint density at radius 1 is 1.43 bits per heavy atom. The fourth-order valence-electron chi connectivity index (χ4n) is 2.60. The third-order valence-corrected chi connectivity index (χ3v) is 3.85. The van der Waals surface area contributed by atoms with Crippen molar-refractivity contribution in [1.29, 1.82) is 0 Å². The molecule has 0 spiro atoms. The number of rotatable bonds is 4. The van der Waals surface area contributed by atoms with Crippen LogP contribution in [0.4, 0.5) is 0 Å². The first-order valence-electron chi connectivity index (χ1n) is 7.19. The number of hydrogen-bond acceptors (Lipinski definition) is 3. The van der Waals surface area contributed by atoms with Gasteiger partial charge >= 0.3 is 0 Å². The summed E-state index contributed by atoms with van der Waals surface area (Å²) in [6.07, 6.45) is 3.29. The van der Waals surface area contributed by atoms with E-state index in [0.29, 0.717) is 13.2 Å². The lowest BCUT2D eigenvalue weighted by atomic mass is 9.96. The number of carbonyl (C=O) groups is 1. The number of carbonyl (C=O) groups excluding carboxylic acids is 1. The Labute approximate surface area is 123 Å². The zero-order valence-electron chi connectivity index (χ0n) is 12.1. The van der Waals surface area contributed by atoms with Crippen molar-refractivity contribution < 1.29 is 9.53 Å². The van der Waals surface area contributed by atoms with Crippen LogP contribution in [-0.2, 0) is 24.7 Å². The molecule has 2 heterocycles. The molecule has 21 heavy (non-hydrogen) atoms. The Morgan fingerprint density at radius 2 is 2.29 bits per heavy atom. The van der Waals surface area contributed by atoms with E-state index in [9.17, 15) is 4.79 Å². The number of ether oxygens (including phenoxy) is 1. The maximum atomic E-state index is 12.2. The average molecular weight is 285 g/mol. The number of para-hydroxylation sites is 1. The summed E-state index contributed by atoms with van der Waals surface area (Å²) < 4.78 is 7.48. The van der Waals surface area contributed by atoms with Gasteiger partial charge in [0.05, 0.1) is 5.92 Å². The van der Waals surface area contributed by atoms with Crippen LogP contribution < -0.4 is 10.1 Å². The minimum atomic E-state index is -0.105. The fourth-order valence-corrected chi connectivity index (χ4v) is 2.60. The van der Waals surface area contributed by atoms with Gasteiger partial charge in [0.2, 0.25) is 5.91 Å². The van der Waals surface area contributed by atoms with Crippen molar-refractivity contribution in [3.05, 3.63) is 47.8 Å². The van der Waals surface area contributed by atoms with Crippen LogP contribution in [0.1, 0.15) is 11.3 Å². The summed E-state index contributed by atoms with van der Waals surface area (Å²) in [7, 11) is 1.91. The quantitative estimate of drug-likeness (QED) is 0.922. The van der Waals surface area contributed by atoms with Crippen LogP contribution in [0.5, 0.6) is 5.75 Å². The van der Waals surface area contributed by atoms with Crippen LogP contribution in [0.3, 0.4) is 0 Å². The van der Waals surface area contributed by atoms with Crippen LogP contribution in [-0.4, -0.2) is 28.8 Å². The summed E-state index contributed by atoms with van der Waals surface area (Å²) in [6, 6.07) is 9.86. The van der Waals surface area contributed by atoms with Crippen LogP contribution in [0, 0.1) is 5.92 Å². The molecule has 1 amide bonds. The van der Waals surface area contributed by atoms with Gasteiger partial charge in [-0.2, -0.15) is 5.10 Å². The van der Waals surface area contributed by atoms with Crippen LogP contribution in [0.2, 0.25) is 0 Å². The SMILES string of the molecule is Cn1nccc1CCNC(=O)[C@H]1COc2ccccc2C1. The molecule has 2 aromatic rings.